The second-order valence-corrected chi connectivity index (χ2v) is 5.93. The molecular weight excluding hydrogens is 347 g/mol. The molecule has 0 unspecified atom stereocenters. The van der Waals surface area contributed by atoms with Crippen molar-refractivity contribution in [1.82, 2.24) is 0 Å². The molecule has 3 N–H and O–H groups in total. The molecule has 0 saturated carbocycles. The number of nitrogens with two attached hydrogens (primary N) is 1. The van der Waals surface area contributed by atoms with E-state index in [1.165, 1.54) is 18.2 Å². The maximum Gasteiger partial charge on any atom is 0.237 e. The first-order chi connectivity index (χ1) is 9.45. The highest BCUT2D eigenvalue weighted by molar-refractivity contribution is 9.10. The number of carbonyl (C=O) groups is 1. The van der Waals surface area contributed by atoms with E-state index in [2.05, 4.69) is 21.2 Å². The van der Waals surface area contributed by atoms with Gasteiger partial charge >= 0.3 is 0 Å². The van der Waals surface area contributed by atoms with E-state index in [9.17, 15) is 9.18 Å². The van der Waals surface area contributed by atoms with Crippen LogP contribution < -0.4 is 11.1 Å². The zero-order chi connectivity index (χ0) is 14.8. The number of benzene rings is 1. The van der Waals surface area contributed by atoms with Gasteiger partial charge in [0.2, 0.25) is 5.91 Å². The van der Waals surface area contributed by atoms with E-state index in [1.54, 1.807) is 0 Å². The zero-order valence-electron chi connectivity index (χ0n) is 10.6. The first kappa shape index (κ1) is 15.3. The third-order valence-corrected chi connectivity index (χ3v) is 4.51. The number of ether oxygens (including phenoxy) is 1. The summed E-state index contributed by atoms with van der Waals surface area (Å²) in [6, 6.07) is 4.08. The second-order valence-electron chi connectivity index (χ2n) is 4.64. The van der Waals surface area contributed by atoms with Crippen molar-refractivity contribution in [3.05, 3.63) is 28.5 Å². The Kier molecular flexibility index (Phi) is 4.72. The normalized spacial score (nSPS) is 17.5. The molecule has 1 heterocycles. The quantitative estimate of drug-likeness (QED) is 0.813. The molecule has 1 aliphatic heterocycles. The SMILES string of the molecule is NC(=S)C1(C(=O)Nc2cc(F)ccc2Br)CCOCC1. The van der Waals surface area contributed by atoms with E-state index >= 15 is 0 Å². The summed E-state index contributed by atoms with van der Waals surface area (Å²) in [5.74, 6) is -0.751. The molecule has 1 saturated heterocycles. The molecule has 1 aromatic rings. The summed E-state index contributed by atoms with van der Waals surface area (Å²) in [5.41, 5.74) is 5.18. The fraction of sp³-hybridized carbons (Fsp3) is 0.385. The number of amides is 1. The number of nitrogens with one attached hydrogen (secondary N) is 1. The van der Waals surface area contributed by atoms with Crippen molar-refractivity contribution < 1.29 is 13.9 Å². The molecule has 0 atom stereocenters. The van der Waals surface area contributed by atoms with Crippen LogP contribution in [0.2, 0.25) is 0 Å². The summed E-state index contributed by atoms with van der Waals surface area (Å²) in [6.45, 7) is 0.851. The average Bonchev–Trinajstić information content (AvgIpc) is 2.43. The molecule has 108 valence electrons. The van der Waals surface area contributed by atoms with Crippen molar-refractivity contribution in [2.45, 2.75) is 12.8 Å². The predicted molar refractivity (Wildman–Crippen MR) is 82.0 cm³/mol. The lowest BCUT2D eigenvalue weighted by Gasteiger charge is -2.34. The number of thiocarbonyl (C=S) groups is 1. The van der Waals surface area contributed by atoms with E-state index in [-0.39, 0.29) is 10.9 Å². The molecule has 0 spiro atoms. The molecule has 1 aliphatic rings. The fourth-order valence-corrected chi connectivity index (χ4v) is 2.78. The Morgan fingerprint density at radius 1 is 1.45 bits per heavy atom. The minimum absolute atomic E-state index is 0.144. The van der Waals surface area contributed by atoms with Crippen LogP contribution in [0, 0.1) is 11.2 Å². The third-order valence-electron chi connectivity index (χ3n) is 3.43. The van der Waals surface area contributed by atoms with Gasteiger partial charge in [0.1, 0.15) is 11.2 Å². The second kappa shape index (κ2) is 6.15. The Labute approximate surface area is 130 Å². The van der Waals surface area contributed by atoms with Gasteiger partial charge in [0, 0.05) is 17.7 Å². The Bertz CT molecular complexity index is 547. The number of hydrogen-bond acceptors (Lipinski definition) is 3. The molecule has 20 heavy (non-hydrogen) atoms. The molecule has 1 fully saturated rings. The van der Waals surface area contributed by atoms with E-state index in [1.807, 2.05) is 0 Å². The van der Waals surface area contributed by atoms with Gasteiger partial charge in [-0.1, -0.05) is 12.2 Å². The maximum absolute atomic E-state index is 13.3. The molecule has 0 aromatic heterocycles. The lowest BCUT2D eigenvalue weighted by atomic mass is 9.79. The van der Waals surface area contributed by atoms with Gasteiger partial charge in [-0.2, -0.15) is 0 Å². The summed E-state index contributed by atoms with van der Waals surface area (Å²) in [6.07, 6.45) is 0.863. The first-order valence-corrected chi connectivity index (χ1v) is 7.30. The highest BCUT2D eigenvalue weighted by Gasteiger charge is 2.43. The van der Waals surface area contributed by atoms with Crippen molar-refractivity contribution in [3.63, 3.8) is 0 Å². The van der Waals surface area contributed by atoms with Crippen molar-refractivity contribution in [1.29, 1.82) is 0 Å². The monoisotopic (exact) mass is 360 g/mol. The summed E-state index contributed by atoms with van der Waals surface area (Å²) >= 11 is 8.32. The van der Waals surface area contributed by atoms with Crippen LogP contribution in [-0.2, 0) is 9.53 Å². The lowest BCUT2D eigenvalue weighted by molar-refractivity contribution is -0.126. The molecule has 2 rings (SSSR count). The number of anilines is 1. The van der Waals surface area contributed by atoms with E-state index in [0.717, 1.165) is 0 Å². The molecule has 1 aromatic carbocycles. The fourth-order valence-electron chi connectivity index (χ4n) is 2.14. The van der Waals surface area contributed by atoms with Crippen molar-refractivity contribution in [3.8, 4) is 0 Å². The lowest BCUT2D eigenvalue weighted by Crippen LogP contribution is -2.49. The van der Waals surface area contributed by atoms with Gasteiger partial charge < -0.3 is 15.8 Å². The van der Waals surface area contributed by atoms with Crippen molar-refractivity contribution >= 4 is 44.7 Å². The standard InChI is InChI=1S/C13H14BrFN2O2S/c14-9-2-1-8(15)7-10(9)17-12(18)13(11(16)20)3-5-19-6-4-13/h1-2,7H,3-6H2,(H2,16,20)(H,17,18). The highest BCUT2D eigenvalue weighted by atomic mass is 79.9. The molecule has 0 aliphatic carbocycles. The van der Waals surface area contributed by atoms with Gasteiger partial charge in [-0.05, 0) is 47.0 Å². The summed E-state index contributed by atoms with van der Waals surface area (Å²) in [7, 11) is 0. The Balaban J connectivity index is 2.25. The summed E-state index contributed by atoms with van der Waals surface area (Å²) in [4.78, 5) is 12.7. The Hall–Kier alpha value is -1.05. The number of carbonyl (C=O) groups excluding carboxylic acids is 1. The zero-order valence-corrected chi connectivity index (χ0v) is 13.0. The van der Waals surface area contributed by atoms with Gasteiger partial charge in [0.15, 0.2) is 0 Å². The van der Waals surface area contributed by atoms with Crippen LogP contribution in [0.1, 0.15) is 12.8 Å². The number of rotatable bonds is 3. The van der Waals surface area contributed by atoms with E-state index in [0.29, 0.717) is 36.2 Å². The van der Waals surface area contributed by atoms with Crippen LogP contribution >= 0.6 is 28.1 Å². The van der Waals surface area contributed by atoms with Crippen LogP contribution in [0.25, 0.3) is 0 Å². The summed E-state index contributed by atoms with van der Waals surface area (Å²) in [5, 5.41) is 2.69. The van der Waals surface area contributed by atoms with Crippen molar-refractivity contribution in [2.24, 2.45) is 11.1 Å². The van der Waals surface area contributed by atoms with Crippen LogP contribution in [0.3, 0.4) is 0 Å². The van der Waals surface area contributed by atoms with Gasteiger partial charge in [-0.3, -0.25) is 4.79 Å². The Morgan fingerprint density at radius 3 is 2.70 bits per heavy atom. The summed E-state index contributed by atoms with van der Waals surface area (Å²) < 4.78 is 19.1. The Morgan fingerprint density at radius 2 is 2.10 bits per heavy atom. The molecule has 0 radical (unpaired) electrons. The minimum Gasteiger partial charge on any atom is -0.392 e. The number of halogens is 2. The van der Waals surface area contributed by atoms with Gasteiger partial charge in [-0.25, -0.2) is 4.39 Å². The maximum atomic E-state index is 13.3. The van der Waals surface area contributed by atoms with E-state index < -0.39 is 11.2 Å². The van der Waals surface area contributed by atoms with Crippen LogP contribution in [0.4, 0.5) is 10.1 Å². The first-order valence-electron chi connectivity index (χ1n) is 6.10. The molecular formula is C13H14BrFN2O2S. The van der Waals surface area contributed by atoms with Gasteiger partial charge in [0.25, 0.3) is 0 Å². The average molecular weight is 361 g/mol. The van der Waals surface area contributed by atoms with Crippen LogP contribution in [-0.4, -0.2) is 24.1 Å². The number of hydrogen-bond donors (Lipinski definition) is 2. The molecule has 7 heteroatoms. The van der Waals surface area contributed by atoms with Crippen molar-refractivity contribution in [2.75, 3.05) is 18.5 Å². The molecule has 1 amide bonds. The molecule has 4 nitrogen and oxygen atoms in total. The minimum atomic E-state index is -0.931. The highest BCUT2D eigenvalue weighted by Crippen LogP contribution is 2.34. The van der Waals surface area contributed by atoms with Crippen LogP contribution in [0.5, 0.6) is 0 Å². The topological polar surface area (TPSA) is 64.4 Å². The third kappa shape index (κ3) is 2.99. The smallest absolute Gasteiger partial charge is 0.237 e. The van der Waals surface area contributed by atoms with Gasteiger partial charge in [0.05, 0.1) is 10.7 Å². The van der Waals surface area contributed by atoms with Gasteiger partial charge in [-0.15, -0.1) is 0 Å². The predicted octanol–water partition coefficient (Wildman–Crippen LogP) is 2.61. The largest absolute Gasteiger partial charge is 0.392 e. The van der Waals surface area contributed by atoms with Crippen LogP contribution in [0.15, 0.2) is 22.7 Å². The van der Waals surface area contributed by atoms with E-state index in [4.69, 9.17) is 22.7 Å². The molecule has 0 bridgehead atoms.